The Morgan fingerprint density at radius 2 is 1.82 bits per heavy atom. The molecule has 0 radical (unpaired) electrons. The Bertz CT molecular complexity index is 1090. The number of ether oxygens (including phenoxy) is 2. The standard InChI is InChI=1S/C25H27ClF3NO3/c26-21-13-30(15-25(27,28)29)23(31)12-20(21)18-4-5-22-19(11-18)14-32-24(33-22)8-6-17(7-9-24)10-16-2-1-3-16/h4-5,11-13,16-17H,1-3,6-10,14-15H2. The quantitative estimate of drug-likeness (QED) is 0.487. The van der Waals surface area contributed by atoms with E-state index in [9.17, 15) is 18.0 Å². The zero-order valence-electron chi connectivity index (χ0n) is 18.3. The fourth-order valence-corrected chi connectivity index (χ4v) is 5.56. The summed E-state index contributed by atoms with van der Waals surface area (Å²) < 4.78 is 51.1. The maximum absolute atomic E-state index is 12.7. The van der Waals surface area contributed by atoms with Gasteiger partial charge in [-0.25, -0.2) is 0 Å². The Hall–Kier alpha value is -1.99. The van der Waals surface area contributed by atoms with Crippen molar-refractivity contribution in [3.63, 3.8) is 0 Å². The van der Waals surface area contributed by atoms with Crippen LogP contribution in [0.5, 0.6) is 5.75 Å². The van der Waals surface area contributed by atoms with Crippen LogP contribution in [-0.4, -0.2) is 16.5 Å². The predicted octanol–water partition coefficient (Wildman–Crippen LogP) is 6.72. The number of rotatable bonds is 4. The van der Waals surface area contributed by atoms with Gasteiger partial charge >= 0.3 is 6.18 Å². The zero-order valence-corrected chi connectivity index (χ0v) is 19.1. The first-order valence-electron chi connectivity index (χ1n) is 11.6. The average molecular weight is 482 g/mol. The first-order chi connectivity index (χ1) is 15.7. The molecule has 1 aromatic carbocycles. The molecule has 2 saturated carbocycles. The highest BCUT2D eigenvalue weighted by Crippen LogP contribution is 2.45. The van der Waals surface area contributed by atoms with E-state index in [4.69, 9.17) is 21.1 Å². The van der Waals surface area contributed by atoms with Gasteiger partial charge in [0.15, 0.2) is 0 Å². The molecular weight excluding hydrogens is 455 g/mol. The van der Waals surface area contributed by atoms with E-state index < -0.39 is 24.1 Å². The van der Waals surface area contributed by atoms with E-state index in [-0.39, 0.29) is 5.02 Å². The Kier molecular flexibility index (Phi) is 5.98. The Morgan fingerprint density at radius 3 is 2.48 bits per heavy atom. The lowest BCUT2D eigenvalue weighted by molar-refractivity contribution is -0.227. The predicted molar refractivity (Wildman–Crippen MR) is 119 cm³/mol. The van der Waals surface area contributed by atoms with E-state index in [0.717, 1.165) is 61.1 Å². The number of hydrogen-bond acceptors (Lipinski definition) is 3. The summed E-state index contributed by atoms with van der Waals surface area (Å²) in [5.41, 5.74) is 1.11. The summed E-state index contributed by atoms with van der Waals surface area (Å²) in [6.07, 6.45) is 6.02. The fourth-order valence-electron chi connectivity index (χ4n) is 5.28. The number of pyridine rings is 1. The average Bonchev–Trinajstić information content (AvgIpc) is 2.73. The number of alkyl halides is 3. The molecule has 0 saturated heterocycles. The minimum Gasteiger partial charge on any atom is -0.462 e. The fraction of sp³-hybridized carbons (Fsp3) is 0.560. The molecule has 1 spiro atoms. The highest BCUT2D eigenvalue weighted by molar-refractivity contribution is 6.33. The summed E-state index contributed by atoms with van der Waals surface area (Å²) in [6, 6.07) is 6.60. The van der Waals surface area contributed by atoms with Gasteiger partial charge in [-0.15, -0.1) is 0 Å². The van der Waals surface area contributed by atoms with Gasteiger partial charge in [-0.05, 0) is 48.8 Å². The second-order valence-corrected chi connectivity index (χ2v) is 10.1. The van der Waals surface area contributed by atoms with E-state index in [2.05, 4.69) is 0 Å². The van der Waals surface area contributed by atoms with Crippen molar-refractivity contribution >= 4 is 11.6 Å². The molecule has 1 aromatic heterocycles. The summed E-state index contributed by atoms with van der Waals surface area (Å²) in [6.45, 7) is -0.986. The molecule has 5 rings (SSSR count). The molecule has 2 aromatic rings. The van der Waals surface area contributed by atoms with Crippen LogP contribution in [0, 0.1) is 11.8 Å². The van der Waals surface area contributed by atoms with E-state index in [1.54, 1.807) is 6.07 Å². The molecule has 178 valence electrons. The van der Waals surface area contributed by atoms with Gasteiger partial charge in [0.1, 0.15) is 12.3 Å². The lowest BCUT2D eigenvalue weighted by Crippen LogP contribution is -2.45. The lowest BCUT2D eigenvalue weighted by atomic mass is 9.74. The monoisotopic (exact) mass is 481 g/mol. The van der Waals surface area contributed by atoms with Crippen molar-refractivity contribution in [2.24, 2.45) is 11.8 Å². The van der Waals surface area contributed by atoms with Crippen LogP contribution in [0.15, 0.2) is 35.3 Å². The third-order valence-electron chi connectivity index (χ3n) is 7.34. The van der Waals surface area contributed by atoms with Gasteiger partial charge in [0.05, 0.1) is 11.6 Å². The highest BCUT2D eigenvalue weighted by Gasteiger charge is 2.42. The van der Waals surface area contributed by atoms with Crippen molar-refractivity contribution in [2.75, 3.05) is 0 Å². The summed E-state index contributed by atoms with van der Waals surface area (Å²) >= 11 is 6.24. The van der Waals surface area contributed by atoms with Crippen LogP contribution >= 0.6 is 11.6 Å². The maximum atomic E-state index is 12.7. The number of aromatic nitrogens is 1. The first kappa shape index (κ1) is 22.8. The van der Waals surface area contributed by atoms with Crippen LogP contribution in [0.2, 0.25) is 5.02 Å². The van der Waals surface area contributed by atoms with Crippen LogP contribution < -0.4 is 10.3 Å². The van der Waals surface area contributed by atoms with Crippen molar-refractivity contribution in [3.8, 4) is 16.9 Å². The molecule has 4 nitrogen and oxygen atoms in total. The molecule has 2 fully saturated rings. The van der Waals surface area contributed by atoms with Crippen LogP contribution in [0.25, 0.3) is 11.1 Å². The third-order valence-corrected chi connectivity index (χ3v) is 7.64. The van der Waals surface area contributed by atoms with Crippen molar-refractivity contribution in [1.82, 2.24) is 4.57 Å². The van der Waals surface area contributed by atoms with Gasteiger partial charge in [0, 0.05) is 36.2 Å². The van der Waals surface area contributed by atoms with Crippen molar-refractivity contribution in [1.29, 1.82) is 0 Å². The van der Waals surface area contributed by atoms with Crippen LogP contribution in [-0.2, 0) is 17.9 Å². The number of halogens is 4. The van der Waals surface area contributed by atoms with E-state index >= 15 is 0 Å². The molecule has 1 aliphatic heterocycles. The van der Waals surface area contributed by atoms with Crippen molar-refractivity contribution < 1.29 is 22.6 Å². The molecule has 0 amide bonds. The normalized spacial score (nSPS) is 25.4. The topological polar surface area (TPSA) is 40.5 Å². The minimum absolute atomic E-state index is 0.0812. The summed E-state index contributed by atoms with van der Waals surface area (Å²) in [5.74, 6) is 1.86. The molecule has 8 heteroatoms. The zero-order chi connectivity index (χ0) is 23.2. The van der Waals surface area contributed by atoms with Crippen molar-refractivity contribution in [2.45, 2.75) is 76.5 Å². The van der Waals surface area contributed by atoms with E-state index in [1.165, 1.54) is 25.7 Å². The molecule has 2 aliphatic carbocycles. The summed E-state index contributed by atoms with van der Waals surface area (Å²) in [4.78, 5) is 12.2. The molecular formula is C25H27ClF3NO3. The Morgan fingerprint density at radius 1 is 1.09 bits per heavy atom. The van der Waals surface area contributed by atoms with Crippen LogP contribution in [0.3, 0.4) is 0 Å². The Labute approximate surface area is 195 Å². The van der Waals surface area contributed by atoms with Gasteiger partial charge in [0.25, 0.3) is 5.56 Å². The van der Waals surface area contributed by atoms with Gasteiger partial charge in [-0.2, -0.15) is 13.2 Å². The molecule has 0 unspecified atom stereocenters. The Balaban J connectivity index is 1.30. The smallest absolute Gasteiger partial charge is 0.406 e. The largest absolute Gasteiger partial charge is 0.462 e. The minimum atomic E-state index is -4.50. The van der Waals surface area contributed by atoms with Crippen LogP contribution in [0.4, 0.5) is 13.2 Å². The van der Waals surface area contributed by atoms with Gasteiger partial charge in [0.2, 0.25) is 5.79 Å². The maximum Gasteiger partial charge on any atom is 0.406 e. The number of fused-ring (bicyclic) bond motifs is 1. The molecule has 3 aliphatic rings. The molecule has 0 bridgehead atoms. The number of nitrogens with zero attached hydrogens (tertiary/aromatic N) is 1. The number of hydrogen-bond donors (Lipinski definition) is 0. The first-order valence-corrected chi connectivity index (χ1v) is 12.0. The highest BCUT2D eigenvalue weighted by atomic mass is 35.5. The number of benzene rings is 1. The van der Waals surface area contributed by atoms with E-state index in [0.29, 0.717) is 22.3 Å². The molecule has 2 heterocycles. The lowest BCUT2D eigenvalue weighted by Gasteiger charge is -2.44. The van der Waals surface area contributed by atoms with E-state index in [1.807, 2.05) is 12.1 Å². The van der Waals surface area contributed by atoms with Crippen molar-refractivity contribution in [3.05, 3.63) is 51.4 Å². The summed E-state index contributed by atoms with van der Waals surface area (Å²) in [7, 11) is 0. The SMILES string of the molecule is O=c1cc(-c2ccc3c(c2)COC2(CCC(CC4CCC4)CC2)O3)c(Cl)cn1CC(F)(F)F. The second-order valence-electron chi connectivity index (χ2n) is 9.72. The van der Waals surface area contributed by atoms with Gasteiger partial charge in [-0.3, -0.25) is 4.79 Å². The molecule has 0 atom stereocenters. The van der Waals surface area contributed by atoms with Crippen LogP contribution in [0.1, 0.15) is 56.9 Å². The van der Waals surface area contributed by atoms with Gasteiger partial charge in [-0.1, -0.05) is 36.9 Å². The molecule has 0 N–H and O–H groups in total. The third kappa shape index (κ3) is 4.94. The summed E-state index contributed by atoms with van der Waals surface area (Å²) in [5, 5.41) is 0.0812. The van der Waals surface area contributed by atoms with Gasteiger partial charge < -0.3 is 14.0 Å². The second kappa shape index (κ2) is 8.66. The molecule has 33 heavy (non-hydrogen) atoms.